The first-order chi connectivity index (χ1) is 8.10. The van der Waals surface area contributed by atoms with E-state index in [-0.39, 0.29) is 5.91 Å². The predicted molar refractivity (Wildman–Crippen MR) is 65.9 cm³/mol. The van der Waals surface area contributed by atoms with Crippen molar-refractivity contribution >= 4 is 5.91 Å². The van der Waals surface area contributed by atoms with Crippen molar-refractivity contribution in [3.05, 3.63) is 35.4 Å². The molecule has 0 aliphatic rings. The fourth-order valence-electron chi connectivity index (χ4n) is 1.61. The Morgan fingerprint density at radius 1 is 1.53 bits per heavy atom. The smallest absolute Gasteiger partial charge is 0.239 e. The van der Waals surface area contributed by atoms with Crippen molar-refractivity contribution in [3.8, 4) is 6.07 Å². The lowest BCUT2D eigenvalue weighted by molar-refractivity contribution is -0.132. The van der Waals surface area contributed by atoms with Gasteiger partial charge in [0.15, 0.2) is 0 Å². The highest BCUT2D eigenvalue weighted by Crippen LogP contribution is 2.11. The van der Waals surface area contributed by atoms with E-state index in [4.69, 9.17) is 11.0 Å². The number of amides is 1. The van der Waals surface area contributed by atoms with E-state index in [1.54, 1.807) is 17.9 Å². The van der Waals surface area contributed by atoms with Gasteiger partial charge in [-0.2, -0.15) is 5.26 Å². The molecule has 1 atom stereocenters. The molecule has 90 valence electrons. The Kier molecular flexibility index (Phi) is 4.68. The standard InChI is InChI=1S/C13H17N3O/c1-3-16(13(17)10(2)15)9-12-7-5-4-6-11(12)8-14/h4-7,10H,3,9,15H2,1-2H3/t10-/m0/s1. The minimum atomic E-state index is -0.510. The van der Waals surface area contributed by atoms with Crippen LogP contribution in [-0.4, -0.2) is 23.4 Å². The maximum absolute atomic E-state index is 11.8. The van der Waals surface area contributed by atoms with E-state index in [9.17, 15) is 4.79 Å². The molecule has 1 aromatic rings. The molecule has 0 radical (unpaired) electrons. The van der Waals surface area contributed by atoms with Gasteiger partial charge in [0, 0.05) is 13.1 Å². The van der Waals surface area contributed by atoms with Gasteiger partial charge in [0.2, 0.25) is 5.91 Å². The molecular formula is C13H17N3O. The molecular weight excluding hydrogens is 214 g/mol. The van der Waals surface area contributed by atoms with Crippen LogP contribution in [0.3, 0.4) is 0 Å². The monoisotopic (exact) mass is 231 g/mol. The summed E-state index contributed by atoms with van der Waals surface area (Å²) in [5, 5.41) is 8.97. The number of hydrogen-bond acceptors (Lipinski definition) is 3. The maximum atomic E-state index is 11.8. The summed E-state index contributed by atoms with van der Waals surface area (Å²) in [5.74, 6) is -0.0970. The molecule has 0 aliphatic heterocycles. The summed E-state index contributed by atoms with van der Waals surface area (Å²) in [6.07, 6.45) is 0. The number of hydrogen-bond donors (Lipinski definition) is 1. The fraction of sp³-hybridized carbons (Fsp3) is 0.385. The topological polar surface area (TPSA) is 70.1 Å². The van der Waals surface area contributed by atoms with Crippen molar-refractivity contribution in [2.45, 2.75) is 26.4 Å². The van der Waals surface area contributed by atoms with Crippen molar-refractivity contribution in [1.82, 2.24) is 4.90 Å². The normalized spacial score (nSPS) is 11.6. The third-order valence-corrected chi connectivity index (χ3v) is 2.58. The summed E-state index contributed by atoms with van der Waals surface area (Å²) in [6.45, 7) is 4.58. The first kappa shape index (κ1) is 13.2. The van der Waals surface area contributed by atoms with Crippen molar-refractivity contribution in [1.29, 1.82) is 5.26 Å². The van der Waals surface area contributed by atoms with E-state index in [1.807, 2.05) is 25.1 Å². The lowest BCUT2D eigenvalue weighted by Gasteiger charge is -2.23. The minimum Gasteiger partial charge on any atom is -0.337 e. The number of nitrogens with zero attached hydrogens (tertiary/aromatic N) is 2. The Morgan fingerprint density at radius 3 is 2.71 bits per heavy atom. The average molecular weight is 231 g/mol. The molecule has 0 bridgehead atoms. The molecule has 0 fully saturated rings. The van der Waals surface area contributed by atoms with Crippen LogP contribution in [0.4, 0.5) is 0 Å². The largest absolute Gasteiger partial charge is 0.337 e. The Hall–Kier alpha value is -1.86. The molecule has 17 heavy (non-hydrogen) atoms. The average Bonchev–Trinajstić information content (AvgIpc) is 2.35. The van der Waals surface area contributed by atoms with Crippen LogP contribution >= 0.6 is 0 Å². The summed E-state index contributed by atoms with van der Waals surface area (Å²) in [4.78, 5) is 13.4. The SMILES string of the molecule is CCN(Cc1ccccc1C#N)C(=O)[C@H](C)N. The Morgan fingerprint density at radius 2 is 2.18 bits per heavy atom. The number of carbonyl (C=O) groups is 1. The lowest BCUT2D eigenvalue weighted by atomic mass is 10.1. The van der Waals surface area contributed by atoms with Crippen LogP contribution in [0, 0.1) is 11.3 Å². The zero-order valence-corrected chi connectivity index (χ0v) is 10.2. The molecule has 0 spiro atoms. The third kappa shape index (κ3) is 3.30. The fourth-order valence-corrected chi connectivity index (χ4v) is 1.61. The molecule has 0 aromatic heterocycles. The van der Waals surface area contributed by atoms with Gasteiger partial charge in [-0.1, -0.05) is 18.2 Å². The molecule has 1 aromatic carbocycles. The maximum Gasteiger partial charge on any atom is 0.239 e. The van der Waals surface area contributed by atoms with Crippen molar-refractivity contribution in [2.75, 3.05) is 6.54 Å². The van der Waals surface area contributed by atoms with Gasteiger partial charge in [-0.3, -0.25) is 4.79 Å². The zero-order valence-electron chi connectivity index (χ0n) is 10.2. The second-order valence-electron chi connectivity index (χ2n) is 3.91. The van der Waals surface area contributed by atoms with Crippen molar-refractivity contribution < 1.29 is 4.79 Å². The number of nitrogens with two attached hydrogens (primary N) is 1. The third-order valence-electron chi connectivity index (χ3n) is 2.58. The van der Waals surface area contributed by atoms with E-state index < -0.39 is 6.04 Å². The number of nitriles is 1. The Bertz CT molecular complexity index is 435. The predicted octanol–water partition coefficient (Wildman–Crippen LogP) is 1.25. The second-order valence-corrected chi connectivity index (χ2v) is 3.91. The van der Waals surface area contributed by atoms with Crippen LogP contribution in [0.1, 0.15) is 25.0 Å². The summed E-state index contributed by atoms with van der Waals surface area (Å²) in [6, 6.07) is 8.89. The second kappa shape index (κ2) is 6.02. The van der Waals surface area contributed by atoms with E-state index in [2.05, 4.69) is 6.07 Å². The number of rotatable bonds is 4. The molecule has 0 saturated carbocycles. The van der Waals surface area contributed by atoms with Gasteiger partial charge in [0.05, 0.1) is 17.7 Å². The highest BCUT2D eigenvalue weighted by atomic mass is 16.2. The van der Waals surface area contributed by atoms with Gasteiger partial charge in [-0.05, 0) is 25.5 Å². The van der Waals surface area contributed by atoms with Crippen LogP contribution in [0.5, 0.6) is 0 Å². The van der Waals surface area contributed by atoms with Crippen LogP contribution in [0.25, 0.3) is 0 Å². The van der Waals surface area contributed by atoms with E-state index in [0.29, 0.717) is 18.7 Å². The van der Waals surface area contributed by atoms with E-state index >= 15 is 0 Å². The van der Waals surface area contributed by atoms with Crippen LogP contribution in [-0.2, 0) is 11.3 Å². The van der Waals surface area contributed by atoms with Gasteiger partial charge >= 0.3 is 0 Å². The summed E-state index contributed by atoms with van der Waals surface area (Å²) in [5.41, 5.74) is 7.03. The molecule has 1 rings (SSSR count). The lowest BCUT2D eigenvalue weighted by Crippen LogP contribution is -2.41. The number of benzene rings is 1. The summed E-state index contributed by atoms with van der Waals surface area (Å²) < 4.78 is 0. The Balaban J connectivity index is 2.89. The quantitative estimate of drug-likeness (QED) is 0.847. The zero-order chi connectivity index (χ0) is 12.8. The summed E-state index contributed by atoms with van der Waals surface area (Å²) >= 11 is 0. The number of carbonyl (C=O) groups excluding carboxylic acids is 1. The van der Waals surface area contributed by atoms with Crippen LogP contribution < -0.4 is 5.73 Å². The van der Waals surface area contributed by atoms with Crippen LogP contribution in [0.15, 0.2) is 24.3 Å². The first-order valence-corrected chi connectivity index (χ1v) is 5.62. The molecule has 4 nitrogen and oxygen atoms in total. The van der Waals surface area contributed by atoms with E-state index in [0.717, 1.165) is 5.56 Å². The van der Waals surface area contributed by atoms with Crippen LogP contribution in [0.2, 0.25) is 0 Å². The first-order valence-electron chi connectivity index (χ1n) is 5.62. The highest BCUT2D eigenvalue weighted by molar-refractivity contribution is 5.81. The molecule has 2 N–H and O–H groups in total. The number of likely N-dealkylation sites (N-methyl/N-ethyl adjacent to an activating group) is 1. The molecule has 0 unspecified atom stereocenters. The van der Waals surface area contributed by atoms with Gasteiger partial charge in [0.25, 0.3) is 0 Å². The molecule has 0 aliphatic carbocycles. The van der Waals surface area contributed by atoms with E-state index in [1.165, 1.54) is 0 Å². The molecule has 0 heterocycles. The molecule has 1 amide bonds. The minimum absolute atomic E-state index is 0.0970. The van der Waals surface area contributed by atoms with Gasteiger partial charge in [-0.25, -0.2) is 0 Å². The summed E-state index contributed by atoms with van der Waals surface area (Å²) in [7, 11) is 0. The van der Waals surface area contributed by atoms with Crippen molar-refractivity contribution in [3.63, 3.8) is 0 Å². The molecule has 4 heteroatoms. The highest BCUT2D eigenvalue weighted by Gasteiger charge is 2.16. The van der Waals surface area contributed by atoms with Crippen molar-refractivity contribution in [2.24, 2.45) is 5.73 Å². The van der Waals surface area contributed by atoms with Gasteiger partial charge < -0.3 is 10.6 Å². The van der Waals surface area contributed by atoms with Gasteiger partial charge in [-0.15, -0.1) is 0 Å². The molecule has 0 saturated heterocycles. The van der Waals surface area contributed by atoms with Gasteiger partial charge in [0.1, 0.15) is 0 Å². The Labute approximate surface area is 102 Å².